The van der Waals surface area contributed by atoms with Gasteiger partial charge in [-0.05, 0) is 32.8 Å². The Morgan fingerprint density at radius 3 is 3.00 bits per heavy atom. The highest BCUT2D eigenvalue weighted by Gasteiger charge is 1.92. The average molecular weight is 135 g/mol. The normalized spacial score (nSPS) is 27.4. The van der Waals surface area contributed by atoms with Gasteiger partial charge in [0.25, 0.3) is 0 Å². The van der Waals surface area contributed by atoms with Crippen LogP contribution < -0.4 is 0 Å². The third kappa shape index (κ3) is 2.18. The van der Waals surface area contributed by atoms with Gasteiger partial charge < -0.3 is 0 Å². The van der Waals surface area contributed by atoms with Gasteiger partial charge in [0.15, 0.2) is 0 Å². The highest BCUT2D eigenvalue weighted by atomic mass is 14.7. The monoisotopic (exact) mass is 135 g/mol. The molecule has 0 bridgehead atoms. The van der Waals surface area contributed by atoms with E-state index in [0.29, 0.717) is 0 Å². The fraction of sp³-hybridized carbons (Fsp3) is 0.444. The van der Waals surface area contributed by atoms with Crippen molar-refractivity contribution in [3.63, 3.8) is 0 Å². The van der Waals surface area contributed by atoms with Crippen molar-refractivity contribution in [1.82, 2.24) is 0 Å². The molecule has 1 aliphatic heterocycles. The maximum Gasteiger partial charge on any atom is 0.0371 e. The van der Waals surface area contributed by atoms with Crippen LogP contribution in [-0.4, -0.2) is 5.71 Å². The maximum atomic E-state index is 4.36. The van der Waals surface area contributed by atoms with Gasteiger partial charge >= 0.3 is 0 Å². The van der Waals surface area contributed by atoms with Crippen LogP contribution in [0.3, 0.4) is 0 Å². The molecule has 54 valence electrons. The summed E-state index contributed by atoms with van der Waals surface area (Å²) in [6, 6.07) is 0. The second kappa shape index (κ2) is 3.35. The second-order valence-corrected chi connectivity index (χ2v) is 2.62. The van der Waals surface area contributed by atoms with Crippen LogP contribution >= 0.6 is 0 Å². The standard InChI is InChI=1S/C9H13N/c1-8-6-4-3-5-7-9(2)10-8/h3-4,6H,5,7H2,1-2H3/b4-3-,8-6-,10-9?. The quantitative estimate of drug-likeness (QED) is 0.484. The molecule has 0 fully saturated rings. The molecule has 0 aromatic carbocycles. The summed E-state index contributed by atoms with van der Waals surface area (Å²) in [5, 5.41) is 0. The summed E-state index contributed by atoms with van der Waals surface area (Å²) in [4.78, 5) is 4.36. The third-order valence-corrected chi connectivity index (χ3v) is 1.51. The van der Waals surface area contributed by atoms with Gasteiger partial charge in [-0.2, -0.15) is 0 Å². The lowest BCUT2D eigenvalue weighted by Gasteiger charge is -2.00. The van der Waals surface area contributed by atoms with E-state index in [2.05, 4.69) is 24.1 Å². The molecule has 1 aliphatic rings. The molecule has 10 heavy (non-hydrogen) atoms. The van der Waals surface area contributed by atoms with Gasteiger partial charge in [0.05, 0.1) is 0 Å². The van der Waals surface area contributed by atoms with Gasteiger partial charge in [0.1, 0.15) is 0 Å². The van der Waals surface area contributed by atoms with Gasteiger partial charge in [0.2, 0.25) is 0 Å². The van der Waals surface area contributed by atoms with Crippen LogP contribution in [0.25, 0.3) is 0 Å². The number of hydrogen-bond donors (Lipinski definition) is 0. The van der Waals surface area contributed by atoms with Gasteiger partial charge in [-0.15, -0.1) is 0 Å². The van der Waals surface area contributed by atoms with E-state index < -0.39 is 0 Å². The molecule has 0 unspecified atom stereocenters. The molecular formula is C9H13N. The van der Waals surface area contributed by atoms with Crippen LogP contribution in [-0.2, 0) is 0 Å². The molecule has 0 aromatic heterocycles. The smallest absolute Gasteiger partial charge is 0.0371 e. The first-order chi connectivity index (χ1) is 4.79. The Kier molecular flexibility index (Phi) is 2.43. The van der Waals surface area contributed by atoms with Gasteiger partial charge in [-0.3, -0.25) is 4.99 Å². The predicted octanol–water partition coefficient (Wildman–Crippen LogP) is 2.70. The zero-order valence-electron chi connectivity index (χ0n) is 6.59. The molecule has 0 N–H and O–H groups in total. The lowest BCUT2D eigenvalue weighted by molar-refractivity contribution is 1.07. The summed E-state index contributed by atoms with van der Waals surface area (Å²) in [6.07, 6.45) is 8.52. The van der Waals surface area contributed by atoms with Crippen molar-refractivity contribution >= 4 is 5.71 Å². The van der Waals surface area contributed by atoms with Crippen molar-refractivity contribution in [2.75, 3.05) is 0 Å². The highest BCUT2D eigenvalue weighted by molar-refractivity contribution is 5.83. The molecular weight excluding hydrogens is 122 g/mol. The third-order valence-electron chi connectivity index (χ3n) is 1.51. The average Bonchev–Trinajstić information content (AvgIpc) is 1.83. The van der Waals surface area contributed by atoms with E-state index in [1.807, 2.05) is 13.0 Å². The zero-order chi connectivity index (χ0) is 7.40. The van der Waals surface area contributed by atoms with Crippen molar-refractivity contribution in [2.24, 2.45) is 4.99 Å². The molecule has 1 nitrogen and oxygen atoms in total. The maximum absolute atomic E-state index is 4.36. The van der Waals surface area contributed by atoms with E-state index in [-0.39, 0.29) is 0 Å². The van der Waals surface area contributed by atoms with Crippen LogP contribution in [0.15, 0.2) is 28.9 Å². The highest BCUT2D eigenvalue weighted by Crippen LogP contribution is 2.04. The summed E-state index contributed by atoms with van der Waals surface area (Å²) in [5.41, 5.74) is 2.34. The minimum absolute atomic E-state index is 1.10. The fourth-order valence-electron chi connectivity index (χ4n) is 0.990. The van der Waals surface area contributed by atoms with E-state index in [1.54, 1.807) is 0 Å². The lowest BCUT2D eigenvalue weighted by atomic mass is 10.2. The number of nitrogens with zero attached hydrogens (tertiary/aromatic N) is 1. The van der Waals surface area contributed by atoms with Crippen molar-refractivity contribution in [1.29, 1.82) is 0 Å². The van der Waals surface area contributed by atoms with Crippen LogP contribution in [0.4, 0.5) is 0 Å². The fourth-order valence-corrected chi connectivity index (χ4v) is 0.990. The zero-order valence-corrected chi connectivity index (χ0v) is 6.59. The first kappa shape index (κ1) is 7.26. The van der Waals surface area contributed by atoms with Crippen LogP contribution in [0, 0.1) is 0 Å². The van der Waals surface area contributed by atoms with E-state index in [9.17, 15) is 0 Å². The van der Waals surface area contributed by atoms with Gasteiger partial charge in [-0.25, -0.2) is 0 Å². The van der Waals surface area contributed by atoms with Gasteiger partial charge in [-0.1, -0.05) is 12.2 Å². The Morgan fingerprint density at radius 2 is 2.20 bits per heavy atom. The summed E-state index contributed by atoms with van der Waals surface area (Å²) in [6.45, 7) is 4.11. The first-order valence-electron chi connectivity index (χ1n) is 3.66. The number of aliphatic imine (C=N–C) groups is 1. The molecule has 1 heterocycles. The molecule has 0 saturated carbocycles. The van der Waals surface area contributed by atoms with Crippen LogP contribution in [0.2, 0.25) is 0 Å². The topological polar surface area (TPSA) is 12.4 Å². The molecule has 0 aliphatic carbocycles. The minimum atomic E-state index is 1.10. The molecule has 0 saturated heterocycles. The number of hydrogen-bond acceptors (Lipinski definition) is 1. The second-order valence-electron chi connectivity index (χ2n) is 2.62. The predicted molar refractivity (Wildman–Crippen MR) is 45.2 cm³/mol. The van der Waals surface area contributed by atoms with E-state index in [1.165, 1.54) is 5.71 Å². The molecule has 1 heteroatoms. The van der Waals surface area contributed by atoms with E-state index >= 15 is 0 Å². The summed E-state index contributed by atoms with van der Waals surface area (Å²) in [7, 11) is 0. The van der Waals surface area contributed by atoms with Crippen LogP contribution in [0.1, 0.15) is 26.7 Å². The van der Waals surface area contributed by atoms with Gasteiger partial charge in [0, 0.05) is 11.4 Å². The molecule has 0 amide bonds. The molecule has 0 aromatic rings. The minimum Gasteiger partial charge on any atom is -0.263 e. The Balaban J connectivity index is 2.77. The number of rotatable bonds is 0. The summed E-state index contributed by atoms with van der Waals surface area (Å²) >= 11 is 0. The van der Waals surface area contributed by atoms with Crippen molar-refractivity contribution < 1.29 is 0 Å². The molecule has 0 spiro atoms. The molecule has 0 radical (unpaired) electrons. The molecule has 1 rings (SSSR count). The van der Waals surface area contributed by atoms with E-state index in [4.69, 9.17) is 0 Å². The number of allylic oxidation sites excluding steroid dienone is 4. The SMILES string of the molecule is CC1=N/C(C)=C\C=C/CC1. The summed E-state index contributed by atoms with van der Waals surface area (Å²) < 4.78 is 0. The Morgan fingerprint density at radius 1 is 1.40 bits per heavy atom. The van der Waals surface area contributed by atoms with Crippen molar-refractivity contribution in [2.45, 2.75) is 26.7 Å². The first-order valence-corrected chi connectivity index (χ1v) is 3.66. The molecule has 0 atom stereocenters. The van der Waals surface area contributed by atoms with Crippen LogP contribution in [0.5, 0.6) is 0 Å². The largest absolute Gasteiger partial charge is 0.263 e. The Labute approximate surface area is 62.2 Å². The lowest BCUT2D eigenvalue weighted by Crippen LogP contribution is -1.91. The summed E-state index contributed by atoms with van der Waals surface area (Å²) in [5.74, 6) is 0. The Bertz CT molecular complexity index is 197. The van der Waals surface area contributed by atoms with E-state index in [0.717, 1.165) is 18.5 Å². The Hall–Kier alpha value is -0.850. The van der Waals surface area contributed by atoms with Crippen molar-refractivity contribution in [3.05, 3.63) is 23.9 Å². The van der Waals surface area contributed by atoms with Crippen molar-refractivity contribution in [3.8, 4) is 0 Å².